The van der Waals surface area contributed by atoms with Gasteiger partial charge in [-0.2, -0.15) is 0 Å². The van der Waals surface area contributed by atoms with Crippen LogP contribution in [-0.2, 0) is 22.5 Å². The maximum absolute atomic E-state index is 10.0. The van der Waals surface area contributed by atoms with E-state index < -0.39 is 34.6 Å². The van der Waals surface area contributed by atoms with Gasteiger partial charge in [0.05, 0.1) is 0 Å². The van der Waals surface area contributed by atoms with Gasteiger partial charge >= 0.3 is 12.0 Å². The summed E-state index contributed by atoms with van der Waals surface area (Å²) >= 11 is -5.19. The van der Waals surface area contributed by atoms with Gasteiger partial charge in [0.2, 0.25) is 0 Å². The molecular weight excluding hydrogens is 224 g/mol. The Hall–Kier alpha value is -1.04. The Kier molecular flexibility index (Phi) is 3.30. The largest absolute Gasteiger partial charge is 0.755 e. The van der Waals surface area contributed by atoms with Crippen molar-refractivity contribution in [2.75, 3.05) is 9.44 Å². The van der Waals surface area contributed by atoms with Crippen molar-refractivity contribution in [3.63, 3.8) is 0 Å². The van der Waals surface area contributed by atoms with Crippen LogP contribution in [0.25, 0.3) is 0 Å². The predicted octanol–water partition coefficient (Wildman–Crippen LogP) is -1.52. The molecule has 0 radical (unpaired) electrons. The van der Waals surface area contributed by atoms with Gasteiger partial charge in [-0.05, 0) is 0 Å². The second-order valence-electron chi connectivity index (χ2n) is 1.59. The minimum atomic E-state index is -2.59. The van der Waals surface area contributed by atoms with Crippen molar-refractivity contribution in [3.05, 3.63) is 0 Å². The smallest absolute Gasteiger partial charge is 0.328 e. The molecule has 0 fully saturated rings. The molecule has 0 saturated carbocycles. The number of nitrogens with zero attached hydrogens (tertiary/aromatic N) is 2. The molecule has 2 N–H and O–H groups in total. The molecule has 0 amide bonds. The highest BCUT2D eigenvalue weighted by Gasteiger charge is 2.03. The standard InChI is InChI=1S/C2H4N4O5S2/c7-12(8)5-1-3-4-2(11-1)6-13(9)10/h(H,3,5)(H,4,6)(H,7,8)(H,9,10)/p-2. The number of anilines is 2. The molecule has 1 aromatic heterocycles. The van der Waals surface area contributed by atoms with Crippen molar-refractivity contribution < 1.29 is 21.9 Å². The third-order valence-electron chi connectivity index (χ3n) is 0.766. The summed E-state index contributed by atoms with van der Waals surface area (Å²) in [5, 5.41) is 6.31. The fourth-order valence-electron chi connectivity index (χ4n) is 0.448. The maximum Gasteiger partial charge on any atom is 0.328 e. The Morgan fingerprint density at radius 2 is 1.46 bits per heavy atom. The lowest BCUT2D eigenvalue weighted by Gasteiger charge is -2.03. The molecule has 0 aliphatic rings. The van der Waals surface area contributed by atoms with Crippen molar-refractivity contribution in [1.29, 1.82) is 0 Å². The topological polar surface area (TPSA) is 143 Å². The van der Waals surface area contributed by atoms with E-state index in [-0.39, 0.29) is 0 Å². The van der Waals surface area contributed by atoms with Crippen LogP contribution in [0.3, 0.4) is 0 Å². The van der Waals surface area contributed by atoms with Crippen LogP contribution in [0.2, 0.25) is 0 Å². The Morgan fingerprint density at radius 3 is 1.77 bits per heavy atom. The van der Waals surface area contributed by atoms with Gasteiger partial charge in [0, 0.05) is 22.5 Å². The van der Waals surface area contributed by atoms with E-state index in [0.29, 0.717) is 0 Å². The number of rotatable bonds is 4. The molecule has 1 rings (SSSR count). The Balaban J connectivity index is 2.63. The quantitative estimate of drug-likeness (QED) is 0.593. The van der Waals surface area contributed by atoms with Gasteiger partial charge in [-0.15, -0.1) is 0 Å². The number of nitrogens with one attached hydrogen (secondary N) is 2. The monoisotopic (exact) mass is 226 g/mol. The highest BCUT2D eigenvalue weighted by Crippen LogP contribution is 2.09. The highest BCUT2D eigenvalue weighted by atomic mass is 32.2. The van der Waals surface area contributed by atoms with Crippen molar-refractivity contribution in [1.82, 2.24) is 10.2 Å². The summed E-state index contributed by atoms with van der Waals surface area (Å²) in [6.45, 7) is 0. The number of aromatic nitrogens is 2. The lowest BCUT2D eigenvalue weighted by molar-refractivity contribution is 0.533. The summed E-state index contributed by atoms with van der Waals surface area (Å²) in [6, 6.07) is -0.859. The summed E-state index contributed by atoms with van der Waals surface area (Å²) in [5.74, 6) is 0. The molecule has 0 aromatic carbocycles. The first-order valence-electron chi connectivity index (χ1n) is 2.63. The fourth-order valence-corrected chi connectivity index (χ4v) is 0.898. The van der Waals surface area contributed by atoms with Crippen LogP contribution in [0.15, 0.2) is 4.42 Å². The molecule has 0 aliphatic carbocycles. The average molecular weight is 226 g/mol. The van der Waals surface area contributed by atoms with Crippen LogP contribution in [0.4, 0.5) is 12.0 Å². The average Bonchev–Trinajstić information content (AvgIpc) is 2.33. The lowest BCUT2D eigenvalue weighted by atomic mass is 11.2. The zero-order chi connectivity index (χ0) is 9.84. The molecule has 9 nitrogen and oxygen atoms in total. The van der Waals surface area contributed by atoms with E-state index in [0.717, 1.165) is 0 Å². The normalized spacial score (nSPS) is 14.9. The molecular formula is C2H2N4O5S2-2. The first-order chi connectivity index (χ1) is 6.08. The van der Waals surface area contributed by atoms with E-state index in [1.54, 1.807) is 9.44 Å². The van der Waals surface area contributed by atoms with Crippen LogP contribution >= 0.6 is 0 Å². The van der Waals surface area contributed by atoms with E-state index in [2.05, 4.69) is 14.6 Å². The predicted molar refractivity (Wildman–Crippen MR) is 39.4 cm³/mol. The zero-order valence-corrected chi connectivity index (χ0v) is 7.39. The van der Waals surface area contributed by atoms with Gasteiger partial charge in [0.1, 0.15) is 0 Å². The molecule has 0 aliphatic heterocycles. The number of hydrogen-bond acceptors (Lipinski definition) is 7. The number of hydrogen-bond donors (Lipinski definition) is 2. The van der Waals surface area contributed by atoms with Crippen LogP contribution < -0.4 is 9.44 Å². The van der Waals surface area contributed by atoms with Gasteiger partial charge in [-0.25, -0.2) is 0 Å². The molecule has 0 saturated heterocycles. The molecule has 2 unspecified atom stereocenters. The van der Waals surface area contributed by atoms with Crippen molar-refractivity contribution in [2.24, 2.45) is 0 Å². The second kappa shape index (κ2) is 4.27. The van der Waals surface area contributed by atoms with Crippen molar-refractivity contribution in [2.45, 2.75) is 0 Å². The Labute approximate surface area is 76.8 Å². The molecule has 1 heterocycles. The molecule has 2 atom stereocenters. The highest BCUT2D eigenvalue weighted by molar-refractivity contribution is 7.80. The van der Waals surface area contributed by atoms with Gasteiger partial charge in [-0.1, -0.05) is 10.2 Å². The Bertz CT molecular complexity index is 307. The summed E-state index contributed by atoms with van der Waals surface area (Å²) in [5.41, 5.74) is 0. The van der Waals surface area contributed by atoms with Crippen molar-refractivity contribution >= 4 is 34.6 Å². The van der Waals surface area contributed by atoms with Gasteiger partial charge in [0.15, 0.2) is 0 Å². The summed E-state index contributed by atoms with van der Waals surface area (Å²) < 4.78 is 48.0. The molecule has 11 heteroatoms. The molecule has 74 valence electrons. The fraction of sp³-hybridized carbons (Fsp3) is 0. The summed E-state index contributed by atoms with van der Waals surface area (Å²) in [7, 11) is 0. The molecule has 0 spiro atoms. The molecule has 1 aromatic rings. The minimum Gasteiger partial charge on any atom is -0.755 e. The van der Waals surface area contributed by atoms with Gasteiger partial charge in [0.25, 0.3) is 0 Å². The maximum atomic E-state index is 10.0. The van der Waals surface area contributed by atoms with Crippen LogP contribution in [-0.4, -0.2) is 27.7 Å². The van der Waals surface area contributed by atoms with Crippen LogP contribution in [0.1, 0.15) is 0 Å². The van der Waals surface area contributed by atoms with Crippen LogP contribution in [0, 0.1) is 0 Å². The van der Waals surface area contributed by atoms with Crippen molar-refractivity contribution in [3.8, 4) is 0 Å². The molecule has 0 bridgehead atoms. The second-order valence-corrected chi connectivity index (χ2v) is 2.93. The van der Waals surface area contributed by atoms with Gasteiger partial charge < -0.3 is 13.5 Å². The lowest BCUT2D eigenvalue weighted by Crippen LogP contribution is -2.02. The van der Waals surface area contributed by atoms with E-state index in [1.165, 1.54) is 0 Å². The van der Waals surface area contributed by atoms with E-state index in [1.807, 2.05) is 0 Å². The third kappa shape index (κ3) is 3.45. The summed E-state index contributed by atoms with van der Waals surface area (Å²) in [6.07, 6.45) is 0. The SMILES string of the molecule is O=S([O-])Nc1nnc(NS(=O)[O-])o1. The minimum absolute atomic E-state index is 0.429. The summed E-state index contributed by atoms with van der Waals surface area (Å²) in [4.78, 5) is 0. The van der Waals surface area contributed by atoms with E-state index in [4.69, 9.17) is 0 Å². The zero-order valence-electron chi connectivity index (χ0n) is 5.75. The van der Waals surface area contributed by atoms with Gasteiger partial charge in [-0.3, -0.25) is 17.9 Å². The van der Waals surface area contributed by atoms with E-state index >= 15 is 0 Å². The first-order valence-corrected chi connectivity index (χ1v) is 4.78. The van der Waals surface area contributed by atoms with E-state index in [9.17, 15) is 17.5 Å². The van der Waals surface area contributed by atoms with Crippen LogP contribution in [0.5, 0.6) is 0 Å². The third-order valence-corrected chi connectivity index (χ3v) is 1.45. The Morgan fingerprint density at radius 1 is 1.08 bits per heavy atom. The molecule has 13 heavy (non-hydrogen) atoms. The first kappa shape index (κ1) is 10.0.